The lowest BCUT2D eigenvalue weighted by molar-refractivity contribution is -0.141. The van der Waals surface area contributed by atoms with Crippen molar-refractivity contribution in [2.24, 2.45) is 5.92 Å². The van der Waals surface area contributed by atoms with Gasteiger partial charge in [0, 0.05) is 13.1 Å². The average molecular weight is 283 g/mol. The van der Waals surface area contributed by atoms with Crippen molar-refractivity contribution in [1.29, 1.82) is 0 Å². The van der Waals surface area contributed by atoms with Crippen molar-refractivity contribution < 1.29 is 23.5 Å². The zero-order chi connectivity index (χ0) is 14.9. The van der Waals surface area contributed by atoms with Crippen LogP contribution in [0, 0.1) is 17.6 Å². The van der Waals surface area contributed by atoms with Gasteiger partial charge in [0.25, 0.3) is 0 Å². The van der Waals surface area contributed by atoms with Crippen molar-refractivity contribution >= 4 is 11.9 Å². The van der Waals surface area contributed by atoms with Crippen LogP contribution in [-0.2, 0) is 9.59 Å². The molecule has 6 heteroatoms. The molecule has 1 saturated heterocycles. The van der Waals surface area contributed by atoms with E-state index in [1.54, 1.807) is 6.92 Å². The van der Waals surface area contributed by atoms with Gasteiger partial charge in [0.05, 0.1) is 11.8 Å². The van der Waals surface area contributed by atoms with Crippen LogP contribution in [0.5, 0.6) is 0 Å². The summed E-state index contributed by atoms with van der Waals surface area (Å²) in [4.78, 5) is 24.6. The zero-order valence-corrected chi connectivity index (χ0v) is 11.0. The highest BCUT2D eigenvalue weighted by atomic mass is 19.2. The van der Waals surface area contributed by atoms with Crippen molar-refractivity contribution in [2.75, 3.05) is 13.1 Å². The van der Waals surface area contributed by atoms with Gasteiger partial charge in [-0.15, -0.1) is 0 Å². The third-order valence-electron chi connectivity index (χ3n) is 3.66. The average Bonchev–Trinajstić information content (AvgIpc) is 2.90. The molecule has 0 bridgehead atoms. The smallest absolute Gasteiger partial charge is 0.308 e. The number of halogens is 2. The van der Waals surface area contributed by atoms with Crippen LogP contribution in [0.3, 0.4) is 0 Å². The van der Waals surface area contributed by atoms with Crippen molar-refractivity contribution in [3.63, 3.8) is 0 Å². The number of carboxylic acid groups (broad SMARTS) is 1. The Morgan fingerprint density at radius 3 is 2.60 bits per heavy atom. The Labute approximate surface area is 115 Å². The van der Waals surface area contributed by atoms with Gasteiger partial charge in [0.15, 0.2) is 11.6 Å². The first-order chi connectivity index (χ1) is 9.40. The molecule has 1 amide bonds. The number of hydrogen-bond donors (Lipinski definition) is 1. The number of benzene rings is 1. The fourth-order valence-electron chi connectivity index (χ4n) is 2.36. The van der Waals surface area contributed by atoms with E-state index in [4.69, 9.17) is 5.11 Å². The molecule has 2 atom stereocenters. The Bertz CT molecular complexity index is 547. The number of carboxylic acids is 1. The van der Waals surface area contributed by atoms with Crippen LogP contribution in [0.4, 0.5) is 8.78 Å². The second kappa shape index (κ2) is 5.56. The summed E-state index contributed by atoms with van der Waals surface area (Å²) in [6, 6.07) is 3.35. The molecular formula is C14H15F2NO3. The summed E-state index contributed by atoms with van der Waals surface area (Å²) < 4.78 is 26.0. The molecule has 0 aliphatic carbocycles. The van der Waals surface area contributed by atoms with E-state index in [1.165, 1.54) is 11.0 Å². The Kier molecular flexibility index (Phi) is 4.01. The molecule has 0 radical (unpaired) electrons. The minimum Gasteiger partial charge on any atom is -0.481 e. The standard InChI is InChI=1S/C14H15F2NO3/c1-8(9-2-3-11(15)12(16)6-9)13(18)17-5-4-10(7-17)14(19)20/h2-3,6,8,10H,4-5,7H2,1H3,(H,19,20)/t8-,10-/m0/s1. The monoisotopic (exact) mass is 283 g/mol. The Morgan fingerprint density at radius 1 is 1.35 bits per heavy atom. The van der Waals surface area contributed by atoms with E-state index in [1.807, 2.05) is 0 Å². The number of carbonyl (C=O) groups is 2. The number of rotatable bonds is 3. The van der Waals surface area contributed by atoms with Crippen LogP contribution >= 0.6 is 0 Å². The number of carbonyl (C=O) groups excluding carboxylic acids is 1. The van der Waals surface area contributed by atoms with E-state index in [0.717, 1.165) is 12.1 Å². The molecule has 1 heterocycles. The topological polar surface area (TPSA) is 57.6 Å². The molecule has 0 saturated carbocycles. The first kappa shape index (κ1) is 14.4. The van der Waals surface area contributed by atoms with Crippen molar-refractivity contribution in [3.05, 3.63) is 35.4 Å². The van der Waals surface area contributed by atoms with Crippen LogP contribution in [-0.4, -0.2) is 35.0 Å². The quantitative estimate of drug-likeness (QED) is 0.923. The second-order valence-electron chi connectivity index (χ2n) is 5.00. The molecular weight excluding hydrogens is 268 g/mol. The van der Waals surface area contributed by atoms with Gasteiger partial charge in [-0.3, -0.25) is 9.59 Å². The Hall–Kier alpha value is -1.98. The highest BCUT2D eigenvalue weighted by Gasteiger charge is 2.33. The highest BCUT2D eigenvalue weighted by molar-refractivity contribution is 5.84. The summed E-state index contributed by atoms with van der Waals surface area (Å²) in [5, 5.41) is 8.91. The van der Waals surface area contributed by atoms with Crippen molar-refractivity contribution in [3.8, 4) is 0 Å². The maximum Gasteiger partial charge on any atom is 0.308 e. The summed E-state index contributed by atoms with van der Waals surface area (Å²) in [6.45, 7) is 2.15. The SMILES string of the molecule is C[C@H](C(=O)N1CC[C@H](C(=O)O)C1)c1ccc(F)c(F)c1. The number of aliphatic carboxylic acids is 1. The predicted molar refractivity (Wildman–Crippen MR) is 67.1 cm³/mol. The molecule has 1 N–H and O–H groups in total. The Balaban J connectivity index is 2.09. The number of nitrogens with zero attached hydrogens (tertiary/aromatic N) is 1. The van der Waals surface area contributed by atoms with Gasteiger partial charge in [-0.1, -0.05) is 6.07 Å². The third-order valence-corrected chi connectivity index (χ3v) is 3.66. The van der Waals surface area contributed by atoms with Crippen LogP contribution in [0.25, 0.3) is 0 Å². The van der Waals surface area contributed by atoms with Gasteiger partial charge in [-0.25, -0.2) is 8.78 Å². The zero-order valence-electron chi connectivity index (χ0n) is 11.0. The molecule has 2 rings (SSSR count). The maximum absolute atomic E-state index is 13.2. The second-order valence-corrected chi connectivity index (χ2v) is 5.00. The largest absolute Gasteiger partial charge is 0.481 e. The summed E-state index contributed by atoms with van der Waals surface area (Å²) in [7, 11) is 0. The van der Waals surface area contributed by atoms with Crippen molar-refractivity contribution in [2.45, 2.75) is 19.3 Å². The fourth-order valence-corrected chi connectivity index (χ4v) is 2.36. The van der Waals surface area contributed by atoms with E-state index < -0.39 is 29.4 Å². The number of hydrogen-bond acceptors (Lipinski definition) is 2. The first-order valence-corrected chi connectivity index (χ1v) is 6.36. The molecule has 108 valence electrons. The van der Waals surface area contributed by atoms with Gasteiger partial charge in [0.1, 0.15) is 0 Å². The van der Waals surface area contributed by atoms with E-state index in [2.05, 4.69) is 0 Å². The van der Waals surface area contributed by atoms with E-state index >= 15 is 0 Å². The minimum atomic E-state index is -0.994. The maximum atomic E-state index is 13.2. The lowest BCUT2D eigenvalue weighted by Crippen LogP contribution is -2.33. The number of amides is 1. The summed E-state index contributed by atoms with van der Waals surface area (Å²) in [5.41, 5.74) is 0.382. The van der Waals surface area contributed by atoms with E-state index in [9.17, 15) is 18.4 Å². The fraction of sp³-hybridized carbons (Fsp3) is 0.429. The van der Waals surface area contributed by atoms with Crippen LogP contribution in [0.2, 0.25) is 0 Å². The molecule has 0 unspecified atom stereocenters. The molecule has 1 fully saturated rings. The lowest BCUT2D eigenvalue weighted by Gasteiger charge is -2.21. The van der Waals surface area contributed by atoms with Gasteiger partial charge in [-0.05, 0) is 31.0 Å². The van der Waals surface area contributed by atoms with Gasteiger partial charge in [-0.2, -0.15) is 0 Å². The van der Waals surface area contributed by atoms with Gasteiger partial charge >= 0.3 is 5.97 Å². The molecule has 1 aliphatic rings. The molecule has 1 aromatic carbocycles. The van der Waals surface area contributed by atoms with E-state index in [0.29, 0.717) is 18.5 Å². The third kappa shape index (κ3) is 2.79. The lowest BCUT2D eigenvalue weighted by atomic mass is 9.99. The molecule has 4 nitrogen and oxygen atoms in total. The molecule has 20 heavy (non-hydrogen) atoms. The highest BCUT2D eigenvalue weighted by Crippen LogP contribution is 2.24. The molecule has 0 spiro atoms. The first-order valence-electron chi connectivity index (χ1n) is 6.36. The predicted octanol–water partition coefficient (Wildman–Crippen LogP) is 2.00. The number of likely N-dealkylation sites (tertiary alicyclic amines) is 1. The minimum absolute atomic E-state index is 0.169. The summed E-state index contributed by atoms with van der Waals surface area (Å²) in [5.74, 6) is -4.30. The van der Waals surface area contributed by atoms with Gasteiger partial charge in [0.2, 0.25) is 5.91 Å². The molecule has 0 aromatic heterocycles. The normalized spacial score (nSPS) is 19.9. The molecule has 1 aliphatic heterocycles. The van der Waals surface area contributed by atoms with Crippen LogP contribution in [0.15, 0.2) is 18.2 Å². The van der Waals surface area contributed by atoms with Crippen LogP contribution in [0.1, 0.15) is 24.8 Å². The van der Waals surface area contributed by atoms with Crippen molar-refractivity contribution in [1.82, 2.24) is 4.90 Å². The summed E-state index contributed by atoms with van der Waals surface area (Å²) >= 11 is 0. The Morgan fingerprint density at radius 2 is 2.05 bits per heavy atom. The molecule has 1 aromatic rings. The van der Waals surface area contributed by atoms with Crippen LogP contribution < -0.4 is 0 Å². The summed E-state index contributed by atoms with van der Waals surface area (Å²) in [6.07, 6.45) is 0.422. The van der Waals surface area contributed by atoms with E-state index in [-0.39, 0.29) is 12.5 Å². The van der Waals surface area contributed by atoms with Gasteiger partial charge < -0.3 is 10.0 Å².